The van der Waals surface area contributed by atoms with E-state index in [-0.39, 0.29) is 5.82 Å². The minimum absolute atomic E-state index is 0.0820. The molecule has 0 bridgehead atoms. The molecule has 1 aromatic rings. The summed E-state index contributed by atoms with van der Waals surface area (Å²) < 4.78 is 14.0. The molecule has 0 atom stereocenters. The van der Waals surface area contributed by atoms with Gasteiger partial charge in [-0.3, -0.25) is 0 Å². The van der Waals surface area contributed by atoms with Crippen LogP contribution < -0.4 is 10.6 Å². The summed E-state index contributed by atoms with van der Waals surface area (Å²) in [6.45, 7) is 2.63. The molecule has 2 N–H and O–H groups in total. The molecule has 1 aliphatic heterocycles. The van der Waals surface area contributed by atoms with Crippen LogP contribution in [-0.2, 0) is 6.42 Å². The first kappa shape index (κ1) is 12.4. The van der Waals surface area contributed by atoms with Crippen molar-refractivity contribution in [2.75, 3.05) is 24.5 Å². The van der Waals surface area contributed by atoms with E-state index >= 15 is 0 Å². The summed E-state index contributed by atoms with van der Waals surface area (Å²) in [7, 11) is 0. The first-order valence-corrected chi connectivity index (χ1v) is 6.54. The number of nitrogens with zero attached hydrogens (tertiary/aromatic N) is 1. The summed E-state index contributed by atoms with van der Waals surface area (Å²) in [5.41, 5.74) is 7.27. The Balaban J connectivity index is 2.07. The maximum Gasteiger partial charge on any atom is 0.146 e. The fraction of sp³-hybridized carbons (Fsp3) is 0.571. The maximum absolute atomic E-state index is 14.0. The molecule has 2 nitrogen and oxygen atoms in total. The molecule has 0 aliphatic carbocycles. The van der Waals surface area contributed by atoms with Crippen LogP contribution in [0, 0.1) is 5.82 Å². The van der Waals surface area contributed by atoms with Crippen molar-refractivity contribution >= 4 is 5.69 Å². The molecule has 0 unspecified atom stereocenters. The zero-order valence-electron chi connectivity index (χ0n) is 10.3. The molecular formula is C14H21FN2. The predicted molar refractivity (Wildman–Crippen MR) is 69.8 cm³/mol. The number of piperidine rings is 1. The van der Waals surface area contributed by atoms with Gasteiger partial charge in [0.1, 0.15) is 5.82 Å². The molecule has 0 spiro atoms. The Morgan fingerprint density at radius 1 is 1.18 bits per heavy atom. The Morgan fingerprint density at radius 2 is 1.94 bits per heavy atom. The highest BCUT2D eigenvalue weighted by molar-refractivity contribution is 5.49. The second-order valence-electron chi connectivity index (χ2n) is 4.73. The summed E-state index contributed by atoms with van der Waals surface area (Å²) in [4.78, 5) is 2.16. The topological polar surface area (TPSA) is 29.3 Å². The van der Waals surface area contributed by atoms with Gasteiger partial charge in [0.2, 0.25) is 0 Å². The van der Waals surface area contributed by atoms with Gasteiger partial charge in [-0.05, 0) is 56.3 Å². The summed E-state index contributed by atoms with van der Waals surface area (Å²) >= 11 is 0. The first-order valence-electron chi connectivity index (χ1n) is 6.54. The Kier molecular flexibility index (Phi) is 4.37. The minimum Gasteiger partial charge on any atom is -0.369 e. The number of halogens is 1. The van der Waals surface area contributed by atoms with Crippen molar-refractivity contribution in [1.82, 2.24) is 0 Å². The second kappa shape index (κ2) is 6.01. The fourth-order valence-corrected chi connectivity index (χ4v) is 2.40. The van der Waals surface area contributed by atoms with Gasteiger partial charge in [-0.25, -0.2) is 4.39 Å². The molecule has 1 saturated heterocycles. The van der Waals surface area contributed by atoms with Gasteiger partial charge in [-0.15, -0.1) is 0 Å². The van der Waals surface area contributed by atoms with Crippen LogP contribution in [0.1, 0.15) is 31.2 Å². The van der Waals surface area contributed by atoms with E-state index in [4.69, 9.17) is 5.73 Å². The Morgan fingerprint density at radius 3 is 2.59 bits per heavy atom. The molecule has 0 saturated carbocycles. The van der Waals surface area contributed by atoms with Crippen molar-refractivity contribution < 1.29 is 4.39 Å². The Hall–Kier alpha value is -1.09. The summed E-state index contributed by atoms with van der Waals surface area (Å²) in [6.07, 6.45) is 5.41. The van der Waals surface area contributed by atoms with Crippen LogP contribution in [0.15, 0.2) is 18.2 Å². The van der Waals surface area contributed by atoms with E-state index in [1.807, 2.05) is 12.1 Å². The summed E-state index contributed by atoms with van der Waals surface area (Å²) in [5, 5.41) is 0. The van der Waals surface area contributed by atoms with E-state index in [9.17, 15) is 4.39 Å². The SMILES string of the molecule is NCCCc1ccc(N2CCCCC2)c(F)c1. The van der Waals surface area contributed by atoms with Crippen LogP contribution in [0.5, 0.6) is 0 Å². The van der Waals surface area contributed by atoms with Gasteiger partial charge in [0.25, 0.3) is 0 Å². The molecule has 94 valence electrons. The number of anilines is 1. The van der Waals surface area contributed by atoms with Crippen molar-refractivity contribution in [3.8, 4) is 0 Å². The van der Waals surface area contributed by atoms with Crippen LogP contribution in [0.3, 0.4) is 0 Å². The number of hydrogen-bond donors (Lipinski definition) is 1. The number of rotatable bonds is 4. The van der Waals surface area contributed by atoms with E-state index in [1.165, 1.54) is 19.3 Å². The summed E-state index contributed by atoms with van der Waals surface area (Å²) in [6, 6.07) is 5.62. The quantitative estimate of drug-likeness (QED) is 0.871. The van der Waals surface area contributed by atoms with Gasteiger partial charge < -0.3 is 10.6 Å². The van der Waals surface area contributed by atoms with Crippen LogP contribution >= 0.6 is 0 Å². The Labute approximate surface area is 103 Å². The van der Waals surface area contributed by atoms with Gasteiger partial charge >= 0.3 is 0 Å². The normalized spacial score (nSPS) is 16.2. The lowest BCUT2D eigenvalue weighted by Crippen LogP contribution is -2.30. The van der Waals surface area contributed by atoms with E-state index in [1.54, 1.807) is 6.07 Å². The lowest BCUT2D eigenvalue weighted by Gasteiger charge is -2.29. The van der Waals surface area contributed by atoms with Crippen molar-refractivity contribution in [1.29, 1.82) is 0 Å². The van der Waals surface area contributed by atoms with Crippen molar-refractivity contribution in [2.24, 2.45) is 5.73 Å². The molecule has 3 heteroatoms. The minimum atomic E-state index is -0.0820. The monoisotopic (exact) mass is 236 g/mol. The van der Waals surface area contributed by atoms with Crippen LogP contribution in [0.4, 0.5) is 10.1 Å². The highest BCUT2D eigenvalue weighted by Gasteiger charge is 2.14. The lowest BCUT2D eigenvalue weighted by atomic mass is 10.1. The van der Waals surface area contributed by atoms with Gasteiger partial charge in [-0.1, -0.05) is 6.07 Å². The van der Waals surface area contributed by atoms with Gasteiger partial charge in [0, 0.05) is 13.1 Å². The van der Waals surface area contributed by atoms with E-state index in [2.05, 4.69) is 4.90 Å². The molecule has 1 fully saturated rings. The zero-order valence-corrected chi connectivity index (χ0v) is 10.3. The molecular weight excluding hydrogens is 215 g/mol. The third-order valence-corrected chi connectivity index (χ3v) is 3.38. The zero-order chi connectivity index (χ0) is 12.1. The third kappa shape index (κ3) is 3.19. The Bertz CT molecular complexity index is 359. The maximum atomic E-state index is 14.0. The van der Waals surface area contributed by atoms with E-state index < -0.39 is 0 Å². The van der Waals surface area contributed by atoms with Crippen LogP contribution in [-0.4, -0.2) is 19.6 Å². The van der Waals surface area contributed by atoms with Crippen molar-refractivity contribution in [2.45, 2.75) is 32.1 Å². The van der Waals surface area contributed by atoms with Gasteiger partial charge in [0.15, 0.2) is 0 Å². The van der Waals surface area contributed by atoms with Crippen LogP contribution in [0.2, 0.25) is 0 Å². The average Bonchev–Trinajstić information content (AvgIpc) is 2.37. The molecule has 0 amide bonds. The smallest absolute Gasteiger partial charge is 0.146 e. The molecule has 17 heavy (non-hydrogen) atoms. The first-order chi connectivity index (χ1) is 8.31. The van der Waals surface area contributed by atoms with Crippen molar-refractivity contribution in [3.05, 3.63) is 29.6 Å². The number of nitrogens with two attached hydrogens (primary N) is 1. The van der Waals surface area contributed by atoms with Crippen molar-refractivity contribution in [3.63, 3.8) is 0 Å². The molecule has 1 heterocycles. The lowest BCUT2D eigenvalue weighted by molar-refractivity contribution is 0.556. The number of hydrogen-bond acceptors (Lipinski definition) is 2. The third-order valence-electron chi connectivity index (χ3n) is 3.38. The van der Waals surface area contributed by atoms with E-state index in [0.717, 1.165) is 37.2 Å². The molecule has 0 radical (unpaired) electrons. The number of aryl methyl sites for hydroxylation is 1. The van der Waals surface area contributed by atoms with Gasteiger partial charge in [-0.2, -0.15) is 0 Å². The second-order valence-corrected chi connectivity index (χ2v) is 4.73. The summed E-state index contributed by atoms with van der Waals surface area (Å²) in [5.74, 6) is -0.0820. The van der Waals surface area contributed by atoms with E-state index in [0.29, 0.717) is 6.54 Å². The average molecular weight is 236 g/mol. The largest absolute Gasteiger partial charge is 0.369 e. The molecule has 1 aliphatic rings. The molecule has 2 rings (SSSR count). The highest BCUT2D eigenvalue weighted by atomic mass is 19.1. The van der Waals surface area contributed by atoms with Gasteiger partial charge in [0.05, 0.1) is 5.69 Å². The number of benzene rings is 1. The fourth-order valence-electron chi connectivity index (χ4n) is 2.40. The van der Waals surface area contributed by atoms with Crippen LogP contribution in [0.25, 0.3) is 0 Å². The predicted octanol–water partition coefficient (Wildman–Crippen LogP) is 2.71. The standard InChI is InChI=1S/C14H21FN2/c15-13-11-12(5-4-8-16)6-7-14(13)17-9-2-1-3-10-17/h6-7,11H,1-5,8-10,16H2. The highest BCUT2D eigenvalue weighted by Crippen LogP contribution is 2.24. The molecule has 0 aromatic heterocycles. The molecule has 1 aromatic carbocycles.